The van der Waals surface area contributed by atoms with Crippen molar-refractivity contribution in [2.45, 2.75) is 19.4 Å². The molecule has 0 saturated heterocycles. The van der Waals surface area contributed by atoms with Crippen molar-refractivity contribution >= 4 is 11.7 Å². The highest BCUT2D eigenvalue weighted by molar-refractivity contribution is 5.68. The van der Waals surface area contributed by atoms with Gasteiger partial charge >= 0.3 is 5.97 Å². The summed E-state index contributed by atoms with van der Waals surface area (Å²) in [5.41, 5.74) is 13.7. The van der Waals surface area contributed by atoms with Gasteiger partial charge in [0.15, 0.2) is 0 Å². The maximum Gasteiger partial charge on any atom is 0.305 e. The van der Waals surface area contributed by atoms with Crippen molar-refractivity contribution in [2.75, 3.05) is 5.73 Å². The van der Waals surface area contributed by atoms with Crippen molar-refractivity contribution in [3.63, 3.8) is 0 Å². The van der Waals surface area contributed by atoms with Gasteiger partial charge in [0.05, 0.1) is 6.42 Å². The lowest BCUT2D eigenvalue weighted by Crippen LogP contribution is -2.16. The summed E-state index contributed by atoms with van der Waals surface area (Å²) in [7, 11) is 0. The summed E-state index contributed by atoms with van der Waals surface area (Å²) in [6.07, 6.45) is -0.0647. The number of aryl methyl sites for hydroxylation is 1. The van der Waals surface area contributed by atoms with E-state index < -0.39 is 12.0 Å². The van der Waals surface area contributed by atoms with E-state index in [4.69, 9.17) is 16.6 Å². The van der Waals surface area contributed by atoms with Crippen LogP contribution in [0.1, 0.15) is 23.6 Å². The first-order chi connectivity index (χ1) is 6.50. The monoisotopic (exact) mass is 194 g/mol. The van der Waals surface area contributed by atoms with E-state index >= 15 is 0 Å². The molecule has 76 valence electrons. The van der Waals surface area contributed by atoms with Crippen molar-refractivity contribution < 1.29 is 9.90 Å². The number of nitrogens with two attached hydrogens (primary N) is 2. The molecule has 0 fully saturated rings. The molecular weight excluding hydrogens is 180 g/mol. The van der Waals surface area contributed by atoms with Crippen LogP contribution in [-0.2, 0) is 4.79 Å². The van der Waals surface area contributed by atoms with Gasteiger partial charge in [-0.05, 0) is 30.2 Å². The first-order valence-electron chi connectivity index (χ1n) is 4.34. The Balaban J connectivity index is 2.90. The number of rotatable bonds is 3. The van der Waals surface area contributed by atoms with Gasteiger partial charge in [0.1, 0.15) is 0 Å². The predicted octanol–water partition coefficient (Wildman–Crippen LogP) is 1.05. The molecule has 1 aromatic carbocycles. The summed E-state index contributed by atoms with van der Waals surface area (Å²) < 4.78 is 0. The fourth-order valence-corrected chi connectivity index (χ4v) is 1.41. The van der Waals surface area contributed by atoms with Crippen LogP contribution < -0.4 is 11.5 Å². The average molecular weight is 194 g/mol. The molecule has 14 heavy (non-hydrogen) atoms. The third kappa shape index (κ3) is 2.47. The Morgan fingerprint density at radius 1 is 1.57 bits per heavy atom. The molecule has 1 atom stereocenters. The van der Waals surface area contributed by atoms with Gasteiger partial charge in [-0.15, -0.1) is 0 Å². The maximum absolute atomic E-state index is 10.5. The highest BCUT2D eigenvalue weighted by atomic mass is 16.4. The zero-order valence-electron chi connectivity index (χ0n) is 8.03. The second-order valence-electron chi connectivity index (χ2n) is 3.32. The molecule has 1 aromatic rings. The zero-order chi connectivity index (χ0) is 10.7. The van der Waals surface area contributed by atoms with Gasteiger partial charge in [0, 0.05) is 11.7 Å². The van der Waals surface area contributed by atoms with Crippen molar-refractivity contribution in [3.8, 4) is 0 Å². The number of nitrogen functional groups attached to an aromatic ring is 1. The van der Waals surface area contributed by atoms with Crippen LogP contribution >= 0.6 is 0 Å². The Morgan fingerprint density at radius 2 is 2.21 bits per heavy atom. The van der Waals surface area contributed by atoms with E-state index in [1.165, 1.54) is 0 Å². The Bertz CT molecular complexity index is 350. The van der Waals surface area contributed by atoms with Gasteiger partial charge in [-0.1, -0.05) is 6.07 Å². The number of benzene rings is 1. The van der Waals surface area contributed by atoms with E-state index in [1.807, 2.05) is 6.92 Å². The fourth-order valence-electron chi connectivity index (χ4n) is 1.41. The fraction of sp³-hybridized carbons (Fsp3) is 0.300. The molecule has 0 aromatic heterocycles. The van der Waals surface area contributed by atoms with Crippen LogP contribution in [0.25, 0.3) is 0 Å². The molecule has 0 aliphatic carbocycles. The molecule has 0 radical (unpaired) electrons. The van der Waals surface area contributed by atoms with Crippen molar-refractivity contribution in [2.24, 2.45) is 5.73 Å². The minimum absolute atomic E-state index is 0.0647. The van der Waals surface area contributed by atoms with Crippen LogP contribution in [0.15, 0.2) is 18.2 Å². The lowest BCUT2D eigenvalue weighted by molar-refractivity contribution is -0.137. The quantitative estimate of drug-likeness (QED) is 0.627. The summed E-state index contributed by atoms with van der Waals surface area (Å²) in [5, 5.41) is 8.59. The molecule has 0 aliphatic heterocycles. The molecule has 0 heterocycles. The Hall–Kier alpha value is -1.55. The van der Waals surface area contributed by atoms with Gasteiger partial charge in [0.2, 0.25) is 0 Å². The molecule has 0 amide bonds. The van der Waals surface area contributed by atoms with Crippen molar-refractivity contribution in [3.05, 3.63) is 29.3 Å². The third-order valence-electron chi connectivity index (χ3n) is 2.09. The van der Waals surface area contributed by atoms with E-state index in [9.17, 15) is 4.79 Å². The van der Waals surface area contributed by atoms with Crippen molar-refractivity contribution in [1.82, 2.24) is 0 Å². The number of anilines is 1. The van der Waals surface area contributed by atoms with E-state index in [0.29, 0.717) is 5.69 Å². The number of hydrogen-bond acceptors (Lipinski definition) is 3. The van der Waals surface area contributed by atoms with Gasteiger partial charge in [-0.25, -0.2) is 0 Å². The number of aliphatic carboxylic acids is 1. The Labute approximate surface area is 82.5 Å². The summed E-state index contributed by atoms with van der Waals surface area (Å²) in [5.74, 6) is -0.895. The minimum atomic E-state index is -0.895. The molecular formula is C10H14N2O2. The molecule has 0 spiro atoms. The number of carboxylic acid groups (broad SMARTS) is 1. The van der Waals surface area contributed by atoms with Crippen LogP contribution in [0, 0.1) is 6.92 Å². The van der Waals surface area contributed by atoms with Gasteiger partial charge < -0.3 is 16.6 Å². The molecule has 4 nitrogen and oxygen atoms in total. The lowest BCUT2D eigenvalue weighted by atomic mass is 9.99. The van der Waals surface area contributed by atoms with E-state index in [0.717, 1.165) is 11.1 Å². The lowest BCUT2D eigenvalue weighted by Gasteiger charge is -2.12. The summed E-state index contributed by atoms with van der Waals surface area (Å²) in [4.78, 5) is 10.5. The maximum atomic E-state index is 10.5. The molecule has 1 rings (SSSR count). The first kappa shape index (κ1) is 10.5. The van der Waals surface area contributed by atoms with Crippen LogP contribution in [-0.4, -0.2) is 11.1 Å². The molecule has 4 heteroatoms. The Kier molecular flexibility index (Phi) is 3.09. The Morgan fingerprint density at radius 3 is 2.71 bits per heavy atom. The van der Waals surface area contributed by atoms with Crippen LogP contribution in [0.4, 0.5) is 5.69 Å². The average Bonchev–Trinajstić information content (AvgIpc) is 2.01. The number of carboxylic acids is 1. The summed E-state index contributed by atoms with van der Waals surface area (Å²) >= 11 is 0. The smallest absolute Gasteiger partial charge is 0.305 e. The summed E-state index contributed by atoms with van der Waals surface area (Å²) in [6.45, 7) is 1.87. The molecule has 0 unspecified atom stereocenters. The normalized spacial score (nSPS) is 12.4. The van der Waals surface area contributed by atoms with Crippen LogP contribution in [0.5, 0.6) is 0 Å². The van der Waals surface area contributed by atoms with Crippen molar-refractivity contribution in [1.29, 1.82) is 0 Å². The van der Waals surface area contributed by atoms with Gasteiger partial charge in [-0.3, -0.25) is 4.79 Å². The molecule has 0 saturated carbocycles. The highest BCUT2D eigenvalue weighted by Gasteiger charge is 2.12. The van der Waals surface area contributed by atoms with E-state index in [1.54, 1.807) is 18.2 Å². The van der Waals surface area contributed by atoms with Gasteiger partial charge in [0.25, 0.3) is 0 Å². The second kappa shape index (κ2) is 4.11. The third-order valence-corrected chi connectivity index (χ3v) is 2.09. The molecule has 5 N–H and O–H groups in total. The first-order valence-corrected chi connectivity index (χ1v) is 4.34. The standard InChI is InChI=1S/C10H14N2O2/c1-6-4-7(11)2-3-8(6)9(12)5-10(13)14/h2-4,9H,5,11-12H2,1H3,(H,13,14)/t9-/m1/s1. The van der Waals surface area contributed by atoms with Crippen LogP contribution in [0.2, 0.25) is 0 Å². The number of carbonyl (C=O) groups is 1. The zero-order valence-corrected chi connectivity index (χ0v) is 8.03. The molecule has 0 aliphatic rings. The second-order valence-corrected chi connectivity index (χ2v) is 3.32. The largest absolute Gasteiger partial charge is 0.481 e. The SMILES string of the molecule is Cc1cc(N)ccc1[C@H](N)CC(=O)O. The van der Waals surface area contributed by atoms with E-state index in [-0.39, 0.29) is 6.42 Å². The minimum Gasteiger partial charge on any atom is -0.481 e. The number of hydrogen-bond donors (Lipinski definition) is 3. The summed E-state index contributed by atoms with van der Waals surface area (Å²) in [6, 6.07) is 4.83. The predicted molar refractivity (Wildman–Crippen MR) is 54.8 cm³/mol. The van der Waals surface area contributed by atoms with E-state index in [2.05, 4.69) is 0 Å². The van der Waals surface area contributed by atoms with Crippen LogP contribution in [0.3, 0.4) is 0 Å². The topological polar surface area (TPSA) is 89.3 Å². The molecule has 0 bridgehead atoms. The van der Waals surface area contributed by atoms with Gasteiger partial charge in [-0.2, -0.15) is 0 Å². The highest BCUT2D eigenvalue weighted by Crippen LogP contribution is 2.20.